The quantitative estimate of drug-likeness (QED) is 0.876. The van der Waals surface area contributed by atoms with Crippen molar-refractivity contribution in [2.45, 2.75) is 46.3 Å². The van der Waals surface area contributed by atoms with E-state index in [0.717, 1.165) is 5.56 Å². The highest BCUT2D eigenvalue weighted by Crippen LogP contribution is 2.29. The first-order valence-electron chi connectivity index (χ1n) is 6.49. The highest BCUT2D eigenvalue weighted by Gasteiger charge is 2.32. The molecule has 1 aromatic rings. The fourth-order valence-electron chi connectivity index (χ4n) is 2.15. The van der Waals surface area contributed by atoms with Crippen LogP contribution in [0.5, 0.6) is 0 Å². The van der Waals surface area contributed by atoms with Crippen LogP contribution in [0.25, 0.3) is 0 Å². The van der Waals surface area contributed by atoms with Crippen molar-refractivity contribution in [2.24, 2.45) is 5.41 Å². The maximum absolute atomic E-state index is 10.4. The second-order valence-corrected chi connectivity index (χ2v) is 6.59. The normalized spacial score (nSPS) is 15.3. The van der Waals surface area contributed by atoms with Crippen LogP contribution in [0.2, 0.25) is 10.0 Å². The van der Waals surface area contributed by atoms with Gasteiger partial charge in [0.1, 0.15) is 0 Å². The van der Waals surface area contributed by atoms with Gasteiger partial charge < -0.3 is 9.84 Å². The van der Waals surface area contributed by atoms with Gasteiger partial charge in [-0.3, -0.25) is 0 Å². The number of rotatable bonds is 5. The molecule has 0 radical (unpaired) electrons. The van der Waals surface area contributed by atoms with Gasteiger partial charge in [0, 0.05) is 23.1 Å². The SMILES string of the molecule is CCOC(C(O)Cc1cc(Cl)ccc1Cl)C(C)(C)C. The van der Waals surface area contributed by atoms with E-state index in [1.807, 2.05) is 6.92 Å². The molecule has 2 unspecified atom stereocenters. The Kier molecular flexibility index (Phi) is 6.13. The summed E-state index contributed by atoms with van der Waals surface area (Å²) in [6.45, 7) is 8.66. The molecule has 108 valence electrons. The predicted octanol–water partition coefficient (Wildman–Crippen LogP) is 4.35. The first-order chi connectivity index (χ1) is 8.75. The van der Waals surface area contributed by atoms with Crippen molar-refractivity contribution in [3.05, 3.63) is 33.8 Å². The maximum Gasteiger partial charge on any atom is 0.0885 e. The van der Waals surface area contributed by atoms with Crippen LogP contribution < -0.4 is 0 Å². The van der Waals surface area contributed by atoms with Gasteiger partial charge in [0.05, 0.1) is 12.2 Å². The largest absolute Gasteiger partial charge is 0.390 e. The minimum atomic E-state index is -0.615. The maximum atomic E-state index is 10.4. The standard InChI is InChI=1S/C15H22Cl2O2/c1-5-19-14(15(2,3)4)13(18)9-10-8-11(16)6-7-12(10)17/h6-8,13-14,18H,5,9H2,1-4H3. The Bertz CT molecular complexity index is 413. The smallest absolute Gasteiger partial charge is 0.0885 e. The van der Waals surface area contributed by atoms with Gasteiger partial charge in [0.15, 0.2) is 0 Å². The molecule has 1 rings (SSSR count). The fraction of sp³-hybridized carbons (Fsp3) is 0.600. The minimum absolute atomic E-state index is 0.138. The zero-order valence-corrected chi connectivity index (χ0v) is 13.4. The molecule has 0 saturated heterocycles. The van der Waals surface area contributed by atoms with Crippen molar-refractivity contribution in [3.63, 3.8) is 0 Å². The lowest BCUT2D eigenvalue weighted by molar-refractivity contribution is -0.0873. The molecule has 2 atom stereocenters. The summed E-state index contributed by atoms with van der Waals surface area (Å²) in [6, 6.07) is 5.28. The number of hydrogen-bond donors (Lipinski definition) is 1. The molecule has 0 bridgehead atoms. The molecule has 1 N–H and O–H groups in total. The average Bonchev–Trinajstić information content (AvgIpc) is 2.29. The highest BCUT2D eigenvalue weighted by molar-refractivity contribution is 6.33. The van der Waals surface area contributed by atoms with Crippen LogP contribution in [0.4, 0.5) is 0 Å². The van der Waals surface area contributed by atoms with Crippen LogP contribution in [0.1, 0.15) is 33.3 Å². The lowest BCUT2D eigenvalue weighted by atomic mass is 9.83. The summed E-state index contributed by atoms with van der Waals surface area (Å²) in [5, 5.41) is 11.7. The Morgan fingerprint density at radius 2 is 1.89 bits per heavy atom. The summed E-state index contributed by atoms with van der Waals surface area (Å²) >= 11 is 12.1. The molecule has 2 nitrogen and oxygen atoms in total. The third-order valence-electron chi connectivity index (χ3n) is 2.99. The Balaban J connectivity index is 2.87. The van der Waals surface area contributed by atoms with Crippen molar-refractivity contribution in [1.29, 1.82) is 0 Å². The molecule has 0 aliphatic carbocycles. The molecule has 19 heavy (non-hydrogen) atoms. The van der Waals surface area contributed by atoms with E-state index < -0.39 is 6.10 Å². The highest BCUT2D eigenvalue weighted by atomic mass is 35.5. The van der Waals surface area contributed by atoms with Crippen LogP contribution >= 0.6 is 23.2 Å². The van der Waals surface area contributed by atoms with E-state index in [9.17, 15) is 5.11 Å². The van der Waals surface area contributed by atoms with Gasteiger partial charge in [-0.15, -0.1) is 0 Å². The zero-order chi connectivity index (χ0) is 14.6. The summed E-state index contributed by atoms with van der Waals surface area (Å²) in [5.74, 6) is 0. The molecule has 0 aliphatic rings. The Morgan fingerprint density at radius 3 is 2.42 bits per heavy atom. The number of aliphatic hydroxyl groups excluding tert-OH is 1. The summed E-state index contributed by atoms with van der Waals surface area (Å²) in [4.78, 5) is 0. The molecular weight excluding hydrogens is 283 g/mol. The summed E-state index contributed by atoms with van der Waals surface area (Å²) < 4.78 is 5.68. The van der Waals surface area contributed by atoms with Gasteiger partial charge in [-0.25, -0.2) is 0 Å². The van der Waals surface area contributed by atoms with Crippen molar-refractivity contribution in [1.82, 2.24) is 0 Å². The van der Waals surface area contributed by atoms with Crippen LogP contribution in [0.3, 0.4) is 0 Å². The Hall–Kier alpha value is -0.280. The van der Waals surface area contributed by atoms with E-state index in [1.165, 1.54) is 0 Å². The summed E-state index contributed by atoms with van der Waals surface area (Å²) in [7, 11) is 0. The third-order valence-corrected chi connectivity index (χ3v) is 3.59. The van der Waals surface area contributed by atoms with E-state index >= 15 is 0 Å². The third kappa shape index (κ3) is 4.96. The number of ether oxygens (including phenoxy) is 1. The zero-order valence-electron chi connectivity index (χ0n) is 11.9. The molecule has 0 amide bonds. The van der Waals surface area contributed by atoms with E-state index in [0.29, 0.717) is 23.1 Å². The van der Waals surface area contributed by atoms with Crippen molar-refractivity contribution in [3.8, 4) is 0 Å². The Morgan fingerprint density at radius 1 is 1.26 bits per heavy atom. The van der Waals surface area contributed by atoms with Crippen LogP contribution in [-0.4, -0.2) is 23.9 Å². The Labute approximate surface area is 125 Å². The first kappa shape index (κ1) is 16.8. The number of hydrogen-bond acceptors (Lipinski definition) is 2. The van der Waals surface area contributed by atoms with Gasteiger partial charge in [-0.2, -0.15) is 0 Å². The second-order valence-electron chi connectivity index (χ2n) is 5.75. The van der Waals surface area contributed by atoms with E-state index in [4.69, 9.17) is 27.9 Å². The monoisotopic (exact) mass is 304 g/mol. The molecule has 4 heteroatoms. The lowest BCUT2D eigenvalue weighted by Gasteiger charge is -2.34. The van der Waals surface area contributed by atoms with Gasteiger partial charge in [0.25, 0.3) is 0 Å². The molecule has 0 aliphatic heterocycles. The number of benzene rings is 1. The van der Waals surface area contributed by atoms with Crippen molar-refractivity contribution >= 4 is 23.2 Å². The first-order valence-corrected chi connectivity index (χ1v) is 7.25. The number of halogens is 2. The second kappa shape index (κ2) is 6.94. The molecule has 0 spiro atoms. The van der Waals surface area contributed by atoms with Gasteiger partial charge in [-0.05, 0) is 36.1 Å². The summed E-state index contributed by atoms with van der Waals surface area (Å²) in [6.07, 6.45) is -0.426. The van der Waals surface area contributed by atoms with Crippen LogP contribution in [0, 0.1) is 5.41 Å². The number of aliphatic hydroxyl groups is 1. The van der Waals surface area contributed by atoms with Crippen LogP contribution in [0.15, 0.2) is 18.2 Å². The van der Waals surface area contributed by atoms with Crippen LogP contribution in [-0.2, 0) is 11.2 Å². The lowest BCUT2D eigenvalue weighted by Crippen LogP contribution is -2.41. The van der Waals surface area contributed by atoms with Crippen molar-refractivity contribution < 1.29 is 9.84 Å². The molecule has 0 fully saturated rings. The van der Waals surface area contributed by atoms with Gasteiger partial charge in [-0.1, -0.05) is 44.0 Å². The van der Waals surface area contributed by atoms with Crippen molar-refractivity contribution in [2.75, 3.05) is 6.61 Å². The topological polar surface area (TPSA) is 29.5 Å². The van der Waals surface area contributed by atoms with E-state index in [1.54, 1.807) is 18.2 Å². The summed E-state index contributed by atoms with van der Waals surface area (Å²) in [5.41, 5.74) is 0.705. The fourth-order valence-corrected chi connectivity index (χ4v) is 2.54. The van der Waals surface area contributed by atoms with Gasteiger partial charge >= 0.3 is 0 Å². The van der Waals surface area contributed by atoms with E-state index in [2.05, 4.69) is 20.8 Å². The predicted molar refractivity (Wildman–Crippen MR) is 81.0 cm³/mol. The molecular formula is C15H22Cl2O2. The van der Waals surface area contributed by atoms with E-state index in [-0.39, 0.29) is 11.5 Å². The molecule has 0 heterocycles. The minimum Gasteiger partial charge on any atom is -0.390 e. The molecule has 1 aromatic carbocycles. The molecule has 0 aromatic heterocycles. The molecule has 0 saturated carbocycles. The van der Waals surface area contributed by atoms with Gasteiger partial charge in [0.2, 0.25) is 0 Å². The average molecular weight is 305 g/mol.